The number of hydrogen-bond acceptors (Lipinski definition) is 4. The van der Waals surface area contributed by atoms with E-state index >= 15 is 0 Å². The zero-order valence-electron chi connectivity index (χ0n) is 9.16. The molecule has 3 N–H and O–H groups in total. The molecule has 1 saturated carbocycles. The van der Waals surface area contributed by atoms with Crippen molar-refractivity contribution in [3.05, 3.63) is 12.4 Å². The number of nitrogen functional groups attached to an aromatic ring is 1. The van der Waals surface area contributed by atoms with Crippen LogP contribution in [0.2, 0.25) is 0 Å². The van der Waals surface area contributed by atoms with Crippen LogP contribution in [0, 0.1) is 5.41 Å². The van der Waals surface area contributed by atoms with Crippen LogP contribution in [-0.4, -0.2) is 16.5 Å². The fraction of sp³-hybridized carbons (Fsp3) is 0.636. The SMILES string of the molecule is CCCC1(CNc2ncc(N)cn2)CC1. The molecule has 1 aromatic rings. The summed E-state index contributed by atoms with van der Waals surface area (Å²) < 4.78 is 0. The van der Waals surface area contributed by atoms with Crippen LogP contribution >= 0.6 is 0 Å². The van der Waals surface area contributed by atoms with Gasteiger partial charge in [-0.15, -0.1) is 0 Å². The molecule has 0 aliphatic heterocycles. The first-order valence-corrected chi connectivity index (χ1v) is 5.55. The van der Waals surface area contributed by atoms with E-state index in [-0.39, 0.29) is 0 Å². The minimum absolute atomic E-state index is 0.527. The van der Waals surface area contributed by atoms with E-state index in [1.54, 1.807) is 12.4 Å². The van der Waals surface area contributed by atoms with E-state index in [1.807, 2.05) is 0 Å². The third-order valence-corrected chi connectivity index (χ3v) is 3.03. The van der Waals surface area contributed by atoms with Crippen LogP contribution in [-0.2, 0) is 0 Å². The molecule has 1 heterocycles. The van der Waals surface area contributed by atoms with E-state index in [4.69, 9.17) is 5.73 Å². The van der Waals surface area contributed by atoms with Crippen molar-refractivity contribution < 1.29 is 0 Å². The molecule has 4 heteroatoms. The monoisotopic (exact) mass is 206 g/mol. The second-order valence-corrected chi connectivity index (χ2v) is 4.44. The van der Waals surface area contributed by atoms with Gasteiger partial charge in [-0.1, -0.05) is 13.3 Å². The molecule has 0 saturated heterocycles. The number of aromatic nitrogens is 2. The third kappa shape index (κ3) is 2.58. The van der Waals surface area contributed by atoms with E-state index in [0.29, 0.717) is 17.1 Å². The predicted octanol–water partition coefficient (Wildman–Crippen LogP) is 2.05. The number of nitrogens with two attached hydrogens (primary N) is 1. The normalized spacial score (nSPS) is 17.4. The van der Waals surface area contributed by atoms with E-state index in [1.165, 1.54) is 25.7 Å². The van der Waals surface area contributed by atoms with Gasteiger partial charge < -0.3 is 11.1 Å². The molecule has 0 unspecified atom stereocenters. The zero-order valence-corrected chi connectivity index (χ0v) is 9.16. The Morgan fingerprint density at radius 2 is 2.07 bits per heavy atom. The molecule has 2 rings (SSSR count). The van der Waals surface area contributed by atoms with Gasteiger partial charge in [-0.05, 0) is 24.7 Å². The summed E-state index contributed by atoms with van der Waals surface area (Å²) >= 11 is 0. The van der Waals surface area contributed by atoms with Crippen LogP contribution in [0.4, 0.5) is 11.6 Å². The van der Waals surface area contributed by atoms with E-state index in [9.17, 15) is 0 Å². The fourth-order valence-electron chi connectivity index (χ4n) is 1.92. The van der Waals surface area contributed by atoms with E-state index in [0.717, 1.165) is 6.54 Å². The van der Waals surface area contributed by atoms with Gasteiger partial charge in [0, 0.05) is 6.54 Å². The minimum atomic E-state index is 0.527. The first-order valence-electron chi connectivity index (χ1n) is 5.55. The van der Waals surface area contributed by atoms with Crippen LogP contribution in [0.15, 0.2) is 12.4 Å². The summed E-state index contributed by atoms with van der Waals surface area (Å²) in [5, 5.41) is 3.28. The van der Waals surface area contributed by atoms with Crippen molar-refractivity contribution in [1.82, 2.24) is 9.97 Å². The third-order valence-electron chi connectivity index (χ3n) is 3.03. The maximum absolute atomic E-state index is 5.52. The average Bonchev–Trinajstić information content (AvgIpc) is 2.99. The first-order chi connectivity index (χ1) is 7.24. The number of nitrogens with one attached hydrogen (secondary N) is 1. The van der Waals surface area contributed by atoms with Crippen LogP contribution in [0.5, 0.6) is 0 Å². The van der Waals surface area contributed by atoms with Crippen molar-refractivity contribution in [2.45, 2.75) is 32.6 Å². The lowest BCUT2D eigenvalue weighted by Crippen LogP contribution is -2.16. The van der Waals surface area contributed by atoms with Crippen molar-refractivity contribution >= 4 is 11.6 Å². The highest BCUT2D eigenvalue weighted by atomic mass is 15.1. The molecule has 0 radical (unpaired) electrons. The Labute approximate surface area is 90.3 Å². The molecule has 1 aliphatic carbocycles. The summed E-state index contributed by atoms with van der Waals surface area (Å²) in [4.78, 5) is 8.24. The fourth-order valence-corrected chi connectivity index (χ4v) is 1.92. The second kappa shape index (κ2) is 4.04. The van der Waals surface area contributed by atoms with Crippen molar-refractivity contribution in [3.8, 4) is 0 Å². The van der Waals surface area contributed by atoms with Gasteiger partial charge in [-0.25, -0.2) is 9.97 Å². The highest BCUT2D eigenvalue weighted by molar-refractivity contribution is 5.36. The van der Waals surface area contributed by atoms with Crippen molar-refractivity contribution in [2.75, 3.05) is 17.6 Å². The minimum Gasteiger partial charge on any atom is -0.396 e. The van der Waals surface area contributed by atoms with Gasteiger partial charge in [0.15, 0.2) is 0 Å². The molecule has 1 aliphatic rings. The Morgan fingerprint density at radius 3 is 2.60 bits per heavy atom. The molecule has 0 atom stereocenters. The Morgan fingerprint density at radius 1 is 1.40 bits per heavy atom. The molecular weight excluding hydrogens is 188 g/mol. The lowest BCUT2D eigenvalue weighted by Gasteiger charge is -2.14. The number of hydrogen-bond donors (Lipinski definition) is 2. The molecule has 0 spiro atoms. The van der Waals surface area contributed by atoms with Crippen LogP contribution < -0.4 is 11.1 Å². The molecule has 0 aromatic carbocycles. The van der Waals surface area contributed by atoms with Gasteiger partial charge in [0.05, 0.1) is 18.1 Å². The van der Waals surface area contributed by atoms with Crippen LogP contribution in [0.3, 0.4) is 0 Å². The molecule has 0 amide bonds. The summed E-state index contributed by atoms with van der Waals surface area (Å²) in [5.41, 5.74) is 6.65. The Hall–Kier alpha value is -1.32. The number of rotatable bonds is 5. The van der Waals surface area contributed by atoms with Gasteiger partial charge in [0.2, 0.25) is 5.95 Å². The van der Waals surface area contributed by atoms with Gasteiger partial charge in [-0.3, -0.25) is 0 Å². The highest BCUT2D eigenvalue weighted by Gasteiger charge is 2.41. The summed E-state index contributed by atoms with van der Waals surface area (Å²) in [7, 11) is 0. The number of nitrogens with zero attached hydrogens (tertiary/aromatic N) is 2. The molecular formula is C11H18N4. The van der Waals surface area contributed by atoms with Gasteiger partial charge >= 0.3 is 0 Å². The lowest BCUT2D eigenvalue weighted by atomic mass is 10.0. The second-order valence-electron chi connectivity index (χ2n) is 4.44. The van der Waals surface area contributed by atoms with Crippen LogP contribution in [0.25, 0.3) is 0 Å². The maximum Gasteiger partial charge on any atom is 0.222 e. The summed E-state index contributed by atoms with van der Waals surface area (Å²) in [6, 6.07) is 0. The molecule has 4 nitrogen and oxygen atoms in total. The maximum atomic E-state index is 5.52. The Balaban J connectivity index is 1.85. The van der Waals surface area contributed by atoms with Crippen LogP contribution in [0.1, 0.15) is 32.6 Å². The highest BCUT2D eigenvalue weighted by Crippen LogP contribution is 2.49. The molecule has 82 valence electrons. The van der Waals surface area contributed by atoms with Gasteiger partial charge in [0.1, 0.15) is 0 Å². The Bertz CT molecular complexity index is 316. The number of anilines is 2. The molecule has 1 fully saturated rings. The summed E-state index contributed by atoms with van der Waals surface area (Å²) in [6.07, 6.45) is 8.49. The average molecular weight is 206 g/mol. The predicted molar refractivity (Wildman–Crippen MR) is 61.5 cm³/mol. The van der Waals surface area contributed by atoms with Crippen molar-refractivity contribution in [1.29, 1.82) is 0 Å². The molecule has 15 heavy (non-hydrogen) atoms. The summed E-state index contributed by atoms with van der Waals surface area (Å²) in [6.45, 7) is 3.23. The van der Waals surface area contributed by atoms with E-state index < -0.39 is 0 Å². The topological polar surface area (TPSA) is 63.8 Å². The first kappa shape index (κ1) is 10.2. The van der Waals surface area contributed by atoms with Gasteiger partial charge in [-0.2, -0.15) is 0 Å². The van der Waals surface area contributed by atoms with Crippen molar-refractivity contribution in [3.63, 3.8) is 0 Å². The van der Waals surface area contributed by atoms with E-state index in [2.05, 4.69) is 22.2 Å². The standard InChI is InChI=1S/C11H18N4/c1-2-3-11(4-5-11)8-15-10-13-6-9(12)7-14-10/h6-7H,2-5,8,12H2,1H3,(H,13,14,15). The largest absolute Gasteiger partial charge is 0.396 e. The zero-order chi connectivity index (χ0) is 10.7. The lowest BCUT2D eigenvalue weighted by molar-refractivity contribution is 0.484. The van der Waals surface area contributed by atoms with Gasteiger partial charge in [0.25, 0.3) is 0 Å². The Kier molecular flexibility index (Phi) is 2.75. The molecule has 0 bridgehead atoms. The molecule has 1 aromatic heterocycles. The van der Waals surface area contributed by atoms with Crippen molar-refractivity contribution in [2.24, 2.45) is 5.41 Å². The quantitative estimate of drug-likeness (QED) is 0.774. The summed E-state index contributed by atoms with van der Waals surface area (Å²) in [5.74, 6) is 0.687. The smallest absolute Gasteiger partial charge is 0.222 e.